The van der Waals surface area contributed by atoms with Crippen LogP contribution >= 0.6 is 23.2 Å². The number of aromatic nitrogens is 4. The fraction of sp³-hybridized carbons (Fsp3) is 0.269. The average Bonchev–Trinajstić information content (AvgIpc) is 3.59. The predicted molar refractivity (Wildman–Crippen MR) is 134 cm³/mol. The molecule has 1 aromatic carbocycles. The molecule has 174 valence electrons. The van der Waals surface area contributed by atoms with Crippen LogP contribution in [-0.2, 0) is 6.42 Å². The molecule has 0 bridgehead atoms. The zero-order valence-electron chi connectivity index (χ0n) is 18.6. The molecule has 1 unspecified atom stereocenters. The summed E-state index contributed by atoms with van der Waals surface area (Å²) in [4.78, 5) is 27.4. The monoisotopic (exact) mass is 493 g/mol. The number of hydrogen-bond donors (Lipinski definition) is 1. The highest BCUT2D eigenvalue weighted by molar-refractivity contribution is 6.42. The van der Waals surface area contributed by atoms with Gasteiger partial charge in [0.2, 0.25) is 0 Å². The second-order valence-corrected chi connectivity index (χ2v) is 9.47. The lowest BCUT2D eigenvalue weighted by Crippen LogP contribution is -2.40. The van der Waals surface area contributed by atoms with E-state index < -0.39 is 0 Å². The number of imidazole rings is 1. The minimum absolute atomic E-state index is 0.00291. The van der Waals surface area contributed by atoms with Crippen molar-refractivity contribution < 1.29 is 4.79 Å². The molecule has 1 atom stereocenters. The number of nitrogens with zero attached hydrogens (tertiary/aromatic N) is 4. The zero-order chi connectivity index (χ0) is 23.5. The van der Waals surface area contributed by atoms with E-state index >= 15 is 0 Å². The molecule has 1 saturated heterocycles. The first-order valence-corrected chi connectivity index (χ1v) is 12.2. The van der Waals surface area contributed by atoms with Crippen LogP contribution in [0.1, 0.15) is 40.5 Å². The van der Waals surface area contributed by atoms with Gasteiger partial charge in [-0.25, -0.2) is 9.97 Å². The maximum absolute atomic E-state index is 13.0. The zero-order valence-corrected chi connectivity index (χ0v) is 20.1. The van der Waals surface area contributed by atoms with Gasteiger partial charge in [-0.05, 0) is 67.6 Å². The Labute approximate surface area is 208 Å². The smallest absolute Gasteiger partial charge is 0.253 e. The van der Waals surface area contributed by atoms with Crippen molar-refractivity contribution in [3.63, 3.8) is 0 Å². The molecule has 1 aliphatic heterocycles. The van der Waals surface area contributed by atoms with E-state index in [9.17, 15) is 4.79 Å². The third-order valence-corrected chi connectivity index (χ3v) is 7.31. The van der Waals surface area contributed by atoms with Crippen LogP contribution in [0, 0.1) is 5.92 Å². The first kappa shape index (κ1) is 22.7. The van der Waals surface area contributed by atoms with Gasteiger partial charge in [0.05, 0.1) is 10.0 Å². The standard InChI is InChI=1S/C26H25Cl2N5O/c27-22-7-6-19(15-23(22)28)26(34)32-12-8-18(9-13-32)21(24-4-2-10-30-24)16-20-3-1-5-25(31-20)33-14-11-29-17-33/h1-7,10-11,14-15,17-18,21,30H,8-9,12-13,16H2. The van der Waals surface area contributed by atoms with Crippen molar-refractivity contribution in [2.45, 2.75) is 25.2 Å². The number of aromatic amines is 1. The van der Waals surface area contributed by atoms with Gasteiger partial charge < -0.3 is 9.88 Å². The molecule has 4 aromatic rings. The van der Waals surface area contributed by atoms with E-state index in [1.165, 1.54) is 5.69 Å². The predicted octanol–water partition coefficient (Wildman–Crippen LogP) is 5.78. The van der Waals surface area contributed by atoms with Crippen LogP contribution in [0.25, 0.3) is 5.82 Å². The summed E-state index contributed by atoms with van der Waals surface area (Å²) < 4.78 is 1.92. The fourth-order valence-corrected chi connectivity index (χ4v) is 5.06. The minimum atomic E-state index is 0.00291. The number of nitrogens with one attached hydrogen (secondary N) is 1. The van der Waals surface area contributed by atoms with Gasteiger partial charge in [-0.3, -0.25) is 9.36 Å². The third-order valence-electron chi connectivity index (χ3n) is 6.57. The van der Waals surface area contributed by atoms with E-state index in [0.29, 0.717) is 40.5 Å². The second kappa shape index (κ2) is 10.0. The Balaban J connectivity index is 1.30. The van der Waals surface area contributed by atoms with Crippen LogP contribution in [0.5, 0.6) is 0 Å². The summed E-state index contributed by atoms with van der Waals surface area (Å²) in [5, 5.41) is 0.857. The van der Waals surface area contributed by atoms with Crippen molar-refractivity contribution in [2.24, 2.45) is 5.92 Å². The highest BCUT2D eigenvalue weighted by Gasteiger charge is 2.31. The molecule has 0 spiro atoms. The number of amides is 1. The number of likely N-dealkylation sites (tertiary alicyclic amines) is 1. The van der Waals surface area contributed by atoms with Crippen LogP contribution in [-0.4, -0.2) is 43.4 Å². The van der Waals surface area contributed by atoms with Crippen molar-refractivity contribution in [2.75, 3.05) is 13.1 Å². The van der Waals surface area contributed by atoms with Crippen molar-refractivity contribution >= 4 is 29.1 Å². The topological polar surface area (TPSA) is 66.8 Å². The molecule has 1 fully saturated rings. The number of H-pyrrole nitrogens is 1. The molecule has 4 heterocycles. The van der Waals surface area contributed by atoms with Crippen LogP contribution in [0.15, 0.2) is 73.4 Å². The molecular weight excluding hydrogens is 469 g/mol. The summed E-state index contributed by atoms with van der Waals surface area (Å²) in [5.41, 5.74) is 2.83. The third kappa shape index (κ3) is 4.88. The van der Waals surface area contributed by atoms with E-state index in [1.807, 2.05) is 40.1 Å². The molecule has 1 amide bonds. The Morgan fingerprint density at radius 1 is 1.09 bits per heavy atom. The van der Waals surface area contributed by atoms with Crippen molar-refractivity contribution in [3.05, 3.63) is 100 Å². The molecule has 1 N–H and O–H groups in total. The van der Waals surface area contributed by atoms with E-state index in [-0.39, 0.29) is 5.91 Å². The number of pyridine rings is 1. The van der Waals surface area contributed by atoms with Gasteiger partial charge >= 0.3 is 0 Å². The lowest BCUT2D eigenvalue weighted by atomic mass is 9.79. The normalized spacial score (nSPS) is 15.4. The molecule has 0 aliphatic carbocycles. The summed E-state index contributed by atoms with van der Waals surface area (Å²) in [6, 6.07) is 15.4. The van der Waals surface area contributed by atoms with Crippen molar-refractivity contribution in [1.29, 1.82) is 0 Å². The molecule has 1 aliphatic rings. The van der Waals surface area contributed by atoms with Gasteiger partial charge in [-0.1, -0.05) is 29.3 Å². The Morgan fingerprint density at radius 2 is 1.94 bits per heavy atom. The van der Waals surface area contributed by atoms with Crippen LogP contribution in [0.2, 0.25) is 10.0 Å². The molecule has 8 heteroatoms. The van der Waals surface area contributed by atoms with E-state index in [1.54, 1.807) is 30.7 Å². The van der Waals surface area contributed by atoms with E-state index in [4.69, 9.17) is 28.2 Å². The number of benzene rings is 1. The highest BCUT2D eigenvalue weighted by Crippen LogP contribution is 2.35. The largest absolute Gasteiger partial charge is 0.365 e. The summed E-state index contributed by atoms with van der Waals surface area (Å²) in [7, 11) is 0. The average molecular weight is 494 g/mol. The maximum atomic E-state index is 13.0. The van der Waals surface area contributed by atoms with Crippen molar-refractivity contribution in [3.8, 4) is 5.82 Å². The Bertz CT molecular complexity index is 1250. The van der Waals surface area contributed by atoms with E-state index in [0.717, 1.165) is 30.8 Å². The second-order valence-electron chi connectivity index (χ2n) is 8.65. The molecular formula is C26H25Cl2N5O. The first-order valence-electron chi connectivity index (χ1n) is 11.4. The van der Waals surface area contributed by atoms with Gasteiger partial charge in [0, 0.05) is 54.5 Å². The lowest BCUT2D eigenvalue weighted by Gasteiger charge is -2.36. The Hall–Kier alpha value is -3.09. The maximum Gasteiger partial charge on any atom is 0.253 e. The minimum Gasteiger partial charge on any atom is -0.365 e. The van der Waals surface area contributed by atoms with Gasteiger partial charge in [-0.2, -0.15) is 0 Å². The number of hydrogen-bond acceptors (Lipinski definition) is 3. The van der Waals surface area contributed by atoms with Gasteiger partial charge in [0.1, 0.15) is 12.1 Å². The van der Waals surface area contributed by atoms with Gasteiger partial charge in [0.25, 0.3) is 5.91 Å². The Morgan fingerprint density at radius 3 is 2.65 bits per heavy atom. The van der Waals surface area contributed by atoms with E-state index in [2.05, 4.69) is 22.1 Å². The molecule has 6 nitrogen and oxygen atoms in total. The lowest BCUT2D eigenvalue weighted by molar-refractivity contribution is 0.0676. The summed E-state index contributed by atoms with van der Waals surface area (Å²) in [6.07, 6.45) is 10.1. The van der Waals surface area contributed by atoms with Crippen molar-refractivity contribution in [1.82, 2.24) is 24.4 Å². The van der Waals surface area contributed by atoms with Gasteiger partial charge in [-0.15, -0.1) is 0 Å². The molecule has 0 radical (unpaired) electrons. The summed E-state index contributed by atoms with van der Waals surface area (Å²) >= 11 is 12.1. The van der Waals surface area contributed by atoms with Crippen LogP contribution < -0.4 is 0 Å². The number of rotatable bonds is 6. The molecule has 34 heavy (non-hydrogen) atoms. The van der Waals surface area contributed by atoms with Crippen LogP contribution in [0.4, 0.5) is 0 Å². The number of halogens is 2. The van der Waals surface area contributed by atoms with Gasteiger partial charge in [0.15, 0.2) is 0 Å². The van der Waals surface area contributed by atoms with Crippen LogP contribution in [0.3, 0.4) is 0 Å². The molecule has 0 saturated carbocycles. The number of carbonyl (C=O) groups excluding carboxylic acids is 1. The SMILES string of the molecule is O=C(c1ccc(Cl)c(Cl)c1)N1CCC(C(Cc2cccc(-n3ccnc3)n2)c2ccc[nH]2)CC1. The molecule has 5 rings (SSSR count). The fourth-order valence-electron chi connectivity index (χ4n) is 4.77. The summed E-state index contributed by atoms with van der Waals surface area (Å²) in [5.74, 6) is 1.60. The number of piperidine rings is 1. The Kier molecular flexibility index (Phi) is 6.70. The quantitative estimate of drug-likeness (QED) is 0.370. The first-order chi connectivity index (χ1) is 16.6. The highest BCUT2D eigenvalue weighted by atomic mass is 35.5. The number of carbonyl (C=O) groups is 1. The summed E-state index contributed by atoms with van der Waals surface area (Å²) in [6.45, 7) is 1.42. The molecule has 3 aromatic heterocycles.